The SMILES string of the molecule is O=C(Nn1cnnc1)c1cnc(-c2ccccc2)nc1. The summed E-state index contributed by atoms with van der Waals surface area (Å²) in [6, 6.07) is 9.56. The van der Waals surface area contributed by atoms with Crippen molar-refractivity contribution in [3.63, 3.8) is 0 Å². The van der Waals surface area contributed by atoms with Gasteiger partial charge in [-0.1, -0.05) is 30.3 Å². The molecule has 0 saturated carbocycles. The number of hydrogen-bond acceptors (Lipinski definition) is 5. The lowest BCUT2D eigenvalue weighted by Gasteiger charge is -2.04. The Morgan fingerprint density at radius 1 is 1.00 bits per heavy atom. The van der Waals surface area contributed by atoms with Gasteiger partial charge in [0.2, 0.25) is 0 Å². The van der Waals surface area contributed by atoms with E-state index in [4.69, 9.17) is 0 Å². The van der Waals surface area contributed by atoms with Crippen molar-refractivity contribution in [1.29, 1.82) is 0 Å². The lowest BCUT2D eigenvalue weighted by atomic mass is 10.2. The summed E-state index contributed by atoms with van der Waals surface area (Å²) >= 11 is 0. The van der Waals surface area contributed by atoms with Gasteiger partial charge in [0, 0.05) is 18.0 Å². The zero-order valence-electron chi connectivity index (χ0n) is 10.3. The van der Waals surface area contributed by atoms with Crippen LogP contribution in [0.25, 0.3) is 11.4 Å². The molecule has 2 heterocycles. The number of rotatable bonds is 3. The molecule has 3 aromatic rings. The lowest BCUT2D eigenvalue weighted by molar-refractivity contribution is 0.101. The fourth-order valence-electron chi connectivity index (χ4n) is 1.62. The summed E-state index contributed by atoms with van der Waals surface area (Å²) < 4.78 is 1.35. The van der Waals surface area contributed by atoms with Gasteiger partial charge in [0.05, 0.1) is 5.56 Å². The summed E-state index contributed by atoms with van der Waals surface area (Å²) in [6.45, 7) is 0. The number of benzene rings is 1. The Balaban J connectivity index is 1.78. The maximum absolute atomic E-state index is 11.9. The standard InChI is InChI=1S/C13H10N6O/c20-13(18-19-8-16-17-9-19)11-6-14-12(15-7-11)10-4-2-1-3-5-10/h1-9H,(H,18,20). The molecule has 1 amide bonds. The van der Waals surface area contributed by atoms with E-state index in [9.17, 15) is 4.79 Å². The monoisotopic (exact) mass is 266 g/mol. The van der Waals surface area contributed by atoms with Crippen LogP contribution in [0.1, 0.15) is 10.4 Å². The van der Waals surface area contributed by atoms with Crippen molar-refractivity contribution in [3.05, 3.63) is 60.9 Å². The minimum atomic E-state index is -0.329. The number of carbonyl (C=O) groups excluding carboxylic acids is 1. The van der Waals surface area contributed by atoms with Crippen molar-refractivity contribution in [2.45, 2.75) is 0 Å². The van der Waals surface area contributed by atoms with Crippen LogP contribution in [-0.4, -0.2) is 30.7 Å². The van der Waals surface area contributed by atoms with E-state index in [1.54, 1.807) is 0 Å². The van der Waals surface area contributed by atoms with Gasteiger partial charge in [-0.3, -0.25) is 10.2 Å². The normalized spacial score (nSPS) is 10.2. The highest BCUT2D eigenvalue weighted by Crippen LogP contribution is 2.13. The molecule has 3 rings (SSSR count). The summed E-state index contributed by atoms with van der Waals surface area (Å²) in [6.07, 6.45) is 5.73. The molecule has 0 radical (unpaired) electrons. The van der Waals surface area contributed by atoms with Crippen LogP contribution in [0, 0.1) is 0 Å². The van der Waals surface area contributed by atoms with Crippen LogP contribution in [0.4, 0.5) is 0 Å². The van der Waals surface area contributed by atoms with Crippen molar-refractivity contribution in [3.8, 4) is 11.4 Å². The molecule has 0 aliphatic rings. The molecule has 0 aliphatic carbocycles. The van der Waals surface area contributed by atoms with Gasteiger partial charge in [0.1, 0.15) is 12.7 Å². The molecule has 20 heavy (non-hydrogen) atoms. The Labute approximate surface area is 114 Å². The second-order valence-corrected chi connectivity index (χ2v) is 3.97. The third-order valence-electron chi connectivity index (χ3n) is 2.60. The number of hydrogen-bond donors (Lipinski definition) is 1. The van der Waals surface area contributed by atoms with Crippen LogP contribution in [0.3, 0.4) is 0 Å². The summed E-state index contributed by atoms with van der Waals surface area (Å²) in [5, 5.41) is 7.18. The van der Waals surface area contributed by atoms with Crippen molar-refractivity contribution in [2.75, 3.05) is 5.43 Å². The maximum Gasteiger partial charge on any atom is 0.273 e. The third-order valence-corrected chi connectivity index (χ3v) is 2.60. The van der Waals surface area contributed by atoms with Gasteiger partial charge >= 0.3 is 0 Å². The minimum absolute atomic E-state index is 0.329. The first-order valence-corrected chi connectivity index (χ1v) is 5.86. The fraction of sp³-hybridized carbons (Fsp3) is 0. The van der Waals surface area contributed by atoms with Crippen LogP contribution in [0.15, 0.2) is 55.4 Å². The largest absolute Gasteiger partial charge is 0.273 e. The molecule has 0 spiro atoms. The second kappa shape index (κ2) is 5.27. The third kappa shape index (κ3) is 2.51. The van der Waals surface area contributed by atoms with Gasteiger partial charge in [0.25, 0.3) is 5.91 Å². The highest BCUT2D eigenvalue weighted by Gasteiger charge is 2.08. The van der Waals surface area contributed by atoms with Crippen LogP contribution in [0.2, 0.25) is 0 Å². The van der Waals surface area contributed by atoms with Gasteiger partial charge in [-0.05, 0) is 0 Å². The molecule has 98 valence electrons. The second-order valence-electron chi connectivity index (χ2n) is 3.97. The Kier molecular flexibility index (Phi) is 3.15. The molecule has 0 unspecified atom stereocenters. The van der Waals surface area contributed by atoms with Gasteiger partial charge < -0.3 is 0 Å². The van der Waals surface area contributed by atoms with Crippen molar-refractivity contribution in [1.82, 2.24) is 24.8 Å². The molecule has 0 aliphatic heterocycles. The quantitative estimate of drug-likeness (QED) is 0.767. The van der Waals surface area contributed by atoms with E-state index in [1.165, 1.54) is 29.7 Å². The minimum Gasteiger partial charge on any atom is -0.267 e. The summed E-state index contributed by atoms with van der Waals surface area (Å²) in [4.78, 5) is 20.3. The van der Waals surface area contributed by atoms with Crippen molar-refractivity contribution >= 4 is 5.91 Å². The predicted molar refractivity (Wildman–Crippen MR) is 71.2 cm³/mol. The van der Waals surface area contributed by atoms with Crippen LogP contribution in [0.5, 0.6) is 0 Å². The fourth-order valence-corrected chi connectivity index (χ4v) is 1.62. The lowest BCUT2D eigenvalue weighted by Crippen LogP contribution is -2.21. The van der Waals surface area contributed by atoms with Crippen molar-refractivity contribution < 1.29 is 4.79 Å². The Morgan fingerprint density at radius 3 is 2.30 bits per heavy atom. The molecule has 2 aromatic heterocycles. The first-order chi connectivity index (χ1) is 9.83. The molecule has 1 N–H and O–H groups in total. The topological polar surface area (TPSA) is 85.6 Å². The van der Waals surface area contributed by atoms with E-state index in [0.29, 0.717) is 11.4 Å². The smallest absolute Gasteiger partial charge is 0.267 e. The van der Waals surface area contributed by atoms with E-state index < -0.39 is 0 Å². The molecular formula is C13H10N6O. The predicted octanol–water partition coefficient (Wildman–Crippen LogP) is 1.12. The first-order valence-electron chi connectivity index (χ1n) is 5.86. The number of aromatic nitrogens is 5. The van der Waals surface area contributed by atoms with Crippen LogP contribution >= 0.6 is 0 Å². The molecule has 1 aromatic carbocycles. The first kappa shape index (κ1) is 12.0. The zero-order valence-corrected chi connectivity index (χ0v) is 10.3. The number of amides is 1. The van der Waals surface area contributed by atoms with E-state index >= 15 is 0 Å². The van der Waals surface area contributed by atoms with Gasteiger partial charge in [0.15, 0.2) is 5.82 Å². The number of nitrogens with zero attached hydrogens (tertiary/aromatic N) is 5. The zero-order chi connectivity index (χ0) is 13.8. The average molecular weight is 266 g/mol. The van der Waals surface area contributed by atoms with Crippen LogP contribution < -0.4 is 5.43 Å². The van der Waals surface area contributed by atoms with Gasteiger partial charge in [-0.15, -0.1) is 10.2 Å². The highest BCUT2D eigenvalue weighted by atomic mass is 16.2. The Hall–Kier alpha value is -3.09. The molecular weight excluding hydrogens is 256 g/mol. The Bertz CT molecular complexity index is 693. The van der Waals surface area contributed by atoms with Crippen LogP contribution in [-0.2, 0) is 0 Å². The molecule has 0 fully saturated rings. The Morgan fingerprint density at radius 2 is 1.65 bits per heavy atom. The van der Waals surface area contributed by atoms with E-state index in [2.05, 4.69) is 25.6 Å². The average Bonchev–Trinajstić information content (AvgIpc) is 3.01. The van der Waals surface area contributed by atoms with Gasteiger partial charge in [-0.25, -0.2) is 14.6 Å². The molecule has 7 nitrogen and oxygen atoms in total. The number of nitrogens with one attached hydrogen (secondary N) is 1. The molecule has 0 saturated heterocycles. The van der Waals surface area contributed by atoms with Gasteiger partial charge in [-0.2, -0.15) is 0 Å². The summed E-state index contributed by atoms with van der Waals surface area (Å²) in [5.41, 5.74) is 3.83. The van der Waals surface area contributed by atoms with E-state index in [0.717, 1.165) is 5.56 Å². The van der Waals surface area contributed by atoms with E-state index in [-0.39, 0.29) is 5.91 Å². The molecule has 7 heteroatoms. The molecule has 0 atom stereocenters. The number of carbonyl (C=O) groups is 1. The molecule has 0 bridgehead atoms. The highest BCUT2D eigenvalue weighted by molar-refractivity contribution is 5.99. The summed E-state index contributed by atoms with van der Waals surface area (Å²) in [5.74, 6) is 0.246. The maximum atomic E-state index is 11.9. The van der Waals surface area contributed by atoms with Crippen molar-refractivity contribution in [2.24, 2.45) is 0 Å². The van der Waals surface area contributed by atoms with E-state index in [1.807, 2.05) is 30.3 Å². The summed E-state index contributed by atoms with van der Waals surface area (Å²) in [7, 11) is 0.